The van der Waals surface area contributed by atoms with E-state index >= 15 is 0 Å². The van der Waals surface area contributed by atoms with Crippen LogP contribution in [0.25, 0.3) is 0 Å². The van der Waals surface area contributed by atoms with Crippen LogP contribution in [0, 0.1) is 0 Å². The molecule has 0 fully saturated rings. The van der Waals surface area contributed by atoms with Crippen molar-refractivity contribution < 1.29 is 14.3 Å². The van der Waals surface area contributed by atoms with E-state index in [1.54, 1.807) is 42.5 Å². The normalized spacial score (nSPS) is 10.0. The fourth-order valence-corrected chi connectivity index (χ4v) is 1.89. The van der Waals surface area contributed by atoms with Gasteiger partial charge in [-0.2, -0.15) is 0 Å². The molecule has 5 nitrogen and oxygen atoms in total. The zero-order valence-electron chi connectivity index (χ0n) is 11.8. The summed E-state index contributed by atoms with van der Waals surface area (Å²) >= 11 is 0. The van der Waals surface area contributed by atoms with E-state index in [2.05, 4.69) is 5.32 Å². The number of Topliss-reactive ketones (excluding diaryl/α,β-unsaturated/α-hetero) is 1. The van der Waals surface area contributed by atoms with Crippen molar-refractivity contribution in [3.05, 3.63) is 53.6 Å². The molecule has 2 aromatic rings. The first kappa shape index (κ1) is 14.6. The van der Waals surface area contributed by atoms with Crippen LogP contribution in [0.15, 0.2) is 42.5 Å². The lowest BCUT2D eigenvalue weighted by atomic mass is 10.1. The summed E-state index contributed by atoms with van der Waals surface area (Å²) in [6.07, 6.45) is 0. The Labute approximate surface area is 122 Å². The van der Waals surface area contributed by atoms with Gasteiger partial charge in [0.1, 0.15) is 5.75 Å². The van der Waals surface area contributed by atoms with Gasteiger partial charge in [0.2, 0.25) is 0 Å². The summed E-state index contributed by atoms with van der Waals surface area (Å²) in [7, 11) is 1.49. The Morgan fingerprint density at radius 1 is 1.10 bits per heavy atom. The van der Waals surface area contributed by atoms with Gasteiger partial charge in [0, 0.05) is 16.9 Å². The highest BCUT2D eigenvalue weighted by molar-refractivity contribution is 6.07. The van der Waals surface area contributed by atoms with Gasteiger partial charge in [0.25, 0.3) is 5.91 Å². The molecular weight excluding hydrogens is 268 g/mol. The number of carbonyl (C=O) groups is 2. The second-order valence-electron chi connectivity index (χ2n) is 4.55. The Hall–Kier alpha value is -2.82. The molecule has 0 bridgehead atoms. The Bertz CT molecular complexity index is 678. The highest BCUT2D eigenvalue weighted by atomic mass is 16.5. The lowest BCUT2D eigenvalue weighted by molar-refractivity contribution is 0.101. The average molecular weight is 284 g/mol. The van der Waals surface area contributed by atoms with Crippen molar-refractivity contribution in [2.75, 3.05) is 18.2 Å². The third-order valence-corrected chi connectivity index (χ3v) is 3.02. The fraction of sp³-hybridized carbons (Fsp3) is 0.125. The van der Waals surface area contributed by atoms with E-state index in [9.17, 15) is 9.59 Å². The number of ketones is 1. The number of nitrogens with two attached hydrogens (primary N) is 1. The number of amides is 1. The smallest absolute Gasteiger partial charge is 0.259 e. The molecule has 0 radical (unpaired) electrons. The van der Waals surface area contributed by atoms with Gasteiger partial charge in [-0.3, -0.25) is 9.59 Å². The van der Waals surface area contributed by atoms with Gasteiger partial charge in [-0.1, -0.05) is 0 Å². The summed E-state index contributed by atoms with van der Waals surface area (Å²) < 4.78 is 5.15. The minimum absolute atomic E-state index is 0.0228. The van der Waals surface area contributed by atoms with Gasteiger partial charge in [0.15, 0.2) is 5.78 Å². The third-order valence-electron chi connectivity index (χ3n) is 3.02. The van der Waals surface area contributed by atoms with Gasteiger partial charge in [-0.25, -0.2) is 0 Å². The van der Waals surface area contributed by atoms with E-state index in [-0.39, 0.29) is 11.7 Å². The summed E-state index contributed by atoms with van der Waals surface area (Å²) in [5, 5.41) is 2.74. The number of ether oxygens (including phenoxy) is 1. The molecule has 0 aliphatic rings. The van der Waals surface area contributed by atoms with E-state index in [1.807, 2.05) is 0 Å². The number of hydrogen-bond donors (Lipinski definition) is 2. The quantitative estimate of drug-likeness (QED) is 0.668. The van der Waals surface area contributed by atoms with Crippen LogP contribution < -0.4 is 15.8 Å². The SMILES string of the molecule is COc1ccc(N)cc1C(=O)Nc1ccc(C(C)=O)cc1. The highest BCUT2D eigenvalue weighted by Gasteiger charge is 2.13. The van der Waals surface area contributed by atoms with Crippen LogP contribution in [0.5, 0.6) is 5.75 Å². The Morgan fingerprint density at radius 3 is 2.33 bits per heavy atom. The van der Waals surface area contributed by atoms with Crippen molar-refractivity contribution >= 4 is 23.1 Å². The van der Waals surface area contributed by atoms with E-state index in [1.165, 1.54) is 14.0 Å². The van der Waals surface area contributed by atoms with Crippen molar-refractivity contribution in [1.82, 2.24) is 0 Å². The number of nitrogen functional groups attached to an aromatic ring is 1. The molecule has 21 heavy (non-hydrogen) atoms. The summed E-state index contributed by atoms with van der Waals surface area (Å²) in [5.41, 5.74) is 7.71. The number of rotatable bonds is 4. The zero-order valence-corrected chi connectivity index (χ0v) is 11.8. The monoisotopic (exact) mass is 284 g/mol. The second-order valence-corrected chi connectivity index (χ2v) is 4.55. The summed E-state index contributed by atoms with van der Waals surface area (Å²) in [6.45, 7) is 1.49. The van der Waals surface area contributed by atoms with E-state index in [0.29, 0.717) is 28.3 Å². The Morgan fingerprint density at radius 2 is 1.76 bits per heavy atom. The van der Waals surface area contributed by atoms with Gasteiger partial charge >= 0.3 is 0 Å². The summed E-state index contributed by atoms with van der Waals surface area (Å²) in [5.74, 6) is 0.0992. The Balaban J connectivity index is 2.21. The Kier molecular flexibility index (Phi) is 4.23. The fourth-order valence-electron chi connectivity index (χ4n) is 1.89. The topological polar surface area (TPSA) is 81.4 Å². The van der Waals surface area contributed by atoms with Crippen LogP contribution in [-0.2, 0) is 0 Å². The summed E-state index contributed by atoms with van der Waals surface area (Å²) in [6, 6.07) is 11.5. The third kappa shape index (κ3) is 3.39. The lowest BCUT2D eigenvalue weighted by Gasteiger charge is -2.10. The van der Waals surface area contributed by atoms with Crippen molar-refractivity contribution in [3.63, 3.8) is 0 Å². The molecule has 3 N–H and O–H groups in total. The predicted octanol–water partition coefficient (Wildman–Crippen LogP) is 2.73. The van der Waals surface area contributed by atoms with Gasteiger partial charge in [0.05, 0.1) is 12.7 Å². The average Bonchev–Trinajstić information content (AvgIpc) is 2.47. The molecule has 0 aliphatic carbocycles. The van der Waals surface area contributed by atoms with Crippen molar-refractivity contribution in [2.24, 2.45) is 0 Å². The second kappa shape index (κ2) is 6.09. The van der Waals surface area contributed by atoms with Crippen molar-refractivity contribution in [3.8, 4) is 5.75 Å². The first-order chi connectivity index (χ1) is 10.0. The molecule has 0 atom stereocenters. The highest BCUT2D eigenvalue weighted by Crippen LogP contribution is 2.22. The largest absolute Gasteiger partial charge is 0.496 e. The van der Waals surface area contributed by atoms with Crippen molar-refractivity contribution in [2.45, 2.75) is 6.92 Å². The molecule has 0 spiro atoms. The predicted molar refractivity (Wildman–Crippen MR) is 81.8 cm³/mol. The number of methoxy groups -OCH3 is 1. The molecule has 2 aromatic carbocycles. The van der Waals surface area contributed by atoms with E-state index in [0.717, 1.165) is 0 Å². The van der Waals surface area contributed by atoms with Crippen LogP contribution in [0.2, 0.25) is 0 Å². The molecule has 0 saturated carbocycles. The maximum absolute atomic E-state index is 12.3. The molecule has 0 unspecified atom stereocenters. The van der Waals surface area contributed by atoms with Crippen molar-refractivity contribution in [1.29, 1.82) is 0 Å². The van der Waals surface area contributed by atoms with Crippen LogP contribution >= 0.6 is 0 Å². The van der Waals surface area contributed by atoms with Crippen LogP contribution in [-0.4, -0.2) is 18.8 Å². The van der Waals surface area contributed by atoms with Crippen LogP contribution in [0.4, 0.5) is 11.4 Å². The number of nitrogens with one attached hydrogen (secondary N) is 1. The molecule has 0 aliphatic heterocycles. The molecule has 2 rings (SSSR count). The number of benzene rings is 2. The lowest BCUT2D eigenvalue weighted by Crippen LogP contribution is -2.13. The number of hydrogen-bond acceptors (Lipinski definition) is 4. The van der Waals surface area contributed by atoms with Crippen LogP contribution in [0.1, 0.15) is 27.6 Å². The van der Waals surface area contributed by atoms with Gasteiger partial charge in [-0.15, -0.1) is 0 Å². The molecular formula is C16H16N2O3. The maximum atomic E-state index is 12.3. The summed E-state index contributed by atoms with van der Waals surface area (Å²) in [4.78, 5) is 23.5. The number of carbonyl (C=O) groups excluding carboxylic acids is 2. The van der Waals surface area contributed by atoms with Gasteiger partial charge in [-0.05, 0) is 49.4 Å². The standard InChI is InChI=1S/C16H16N2O3/c1-10(19)11-3-6-13(7-4-11)18-16(20)14-9-12(17)5-8-15(14)21-2/h3-9H,17H2,1-2H3,(H,18,20). The van der Waals surface area contributed by atoms with Gasteiger partial charge < -0.3 is 15.8 Å². The molecule has 0 heterocycles. The molecule has 0 aromatic heterocycles. The first-order valence-electron chi connectivity index (χ1n) is 6.37. The number of anilines is 2. The van der Waals surface area contributed by atoms with Crippen LogP contribution in [0.3, 0.4) is 0 Å². The molecule has 1 amide bonds. The molecule has 108 valence electrons. The maximum Gasteiger partial charge on any atom is 0.259 e. The minimum atomic E-state index is -0.324. The zero-order chi connectivity index (χ0) is 15.4. The minimum Gasteiger partial charge on any atom is -0.496 e. The van der Waals surface area contributed by atoms with E-state index < -0.39 is 0 Å². The van der Waals surface area contributed by atoms with E-state index in [4.69, 9.17) is 10.5 Å². The molecule has 0 saturated heterocycles. The first-order valence-corrected chi connectivity index (χ1v) is 6.37. The molecule has 5 heteroatoms.